The van der Waals surface area contributed by atoms with Crippen molar-refractivity contribution >= 4 is 5.82 Å². The Morgan fingerprint density at radius 3 is 2.89 bits per heavy atom. The standard InChI is InChI=1S/C11H17N3O5/c1-13-7(12)3-4-14(11(13)17)10-9(18-2)8(16)6(5-15)19-10/h3-4,6,8-10,12,15-16H,5H2,1-2H3/p+1/t6-,8?,9+,10-/m1/s1. The predicted molar refractivity (Wildman–Crippen MR) is 64.1 cm³/mol. The highest BCUT2D eigenvalue weighted by molar-refractivity contribution is 5.24. The zero-order chi connectivity index (χ0) is 14.2. The third-order valence-electron chi connectivity index (χ3n) is 3.34. The lowest BCUT2D eigenvalue weighted by Gasteiger charge is -2.16. The van der Waals surface area contributed by atoms with Crippen LogP contribution in [0.15, 0.2) is 17.1 Å². The molecule has 4 atom stereocenters. The van der Waals surface area contributed by atoms with Crippen molar-refractivity contribution in [2.24, 2.45) is 7.05 Å². The van der Waals surface area contributed by atoms with E-state index in [2.05, 4.69) is 0 Å². The lowest BCUT2D eigenvalue weighted by molar-refractivity contribution is -0.781. The van der Waals surface area contributed by atoms with Gasteiger partial charge in [0.2, 0.25) is 6.23 Å². The number of nitrogen functional groups attached to an aromatic ring is 1. The molecular formula is C11H18N3O5+. The molecule has 1 unspecified atom stereocenters. The number of nitrogens with zero attached hydrogens (tertiary/aromatic N) is 2. The van der Waals surface area contributed by atoms with Crippen LogP contribution in [0.3, 0.4) is 0 Å². The molecule has 2 heterocycles. The molecule has 19 heavy (non-hydrogen) atoms. The monoisotopic (exact) mass is 272 g/mol. The minimum Gasteiger partial charge on any atom is -0.394 e. The molecule has 1 aliphatic heterocycles. The summed E-state index contributed by atoms with van der Waals surface area (Å²) in [5.74, 6) is 0.312. The quantitative estimate of drug-likeness (QED) is 0.525. The number of anilines is 1. The van der Waals surface area contributed by atoms with Gasteiger partial charge in [0, 0.05) is 13.2 Å². The molecular weight excluding hydrogens is 254 g/mol. The molecule has 0 radical (unpaired) electrons. The first-order valence-corrected chi connectivity index (χ1v) is 5.85. The van der Waals surface area contributed by atoms with Crippen LogP contribution in [-0.2, 0) is 16.5 Å². The van der Waals surface area contributed by atoms with Crippen molar-refractivity contribution in [2.75, 3.05) is 19.5 Å². The molecule has 4 N–H and O–H groups in total. The Kier molecular flexibility index (Phi) is 3.85. The first kappa shape index (κ1) is 13.9. The molecule has 1 saturated heterocycles. The summed E-state index contributed by atoms with van der Waals surface area (Å²) in [6.07, 6.45) is -1.87. The van der Waals surface area contributed by atoms with Crippen LogP contribution in [0.4, 0.5) is 5.82 Å². The number of aliphatic hydroxyl groups is 2. The smallest absolute Gasteiger partial charge is 0.394 e. The van der Waals surface area contributed by atoms with Crippen LogP contribution in [0.25, 0.3) is 0 Å². The Morgan fingerprint density at radius 1 is 1.63 bits per heavy atom. The topological polar surface area (TPSA) is 111 Å². The second-order valence-corrected chi connectivity index (χ2v) is 4.43. The summed E-state index contributed by atoms with van der Waals surface area (Å²) in [7, 11) is 2.94. The fraction of sp³-hybridized carbons (Fsp3) is 0.636. The van der Waals surface area contributed by atoms with Crippen LogP contribution < -0.4 is 16.0 Å². The fourth-order valence-electron chi connectivity index (χ4n) is 2.16. The Bertz CT molecular complexity index is 518. The largest absolute Gasteiger partial charge is 0.501 e. The second kappa shape index (κ2) is 5.25. The lowest BCUT2D eigenvalue weighted by atomic mass is 10.1. The number of aromatic nitrogens is 2. The van der Waals surface area contributed by atoms with E-state index in [9.17, 15) is 9.90 Å². The van der Waals surface area contributed by atoms with Gasteiger partial charge in [0.25, 0.3) is 0 Å². The zero-order valence-corrected chi connectivity index (χ0v) is 10.8. The van der Waals surface area contributed by atoms with E-state index < -0.39 is 30.2 Å². The molecule has 8 nitrogen and oxygen atoms in total. The van der Waals surface area contributed by atoms with Crippen LogP contribution in [0.1, 0.15) is 6.23 Å². The number of hydrogen-bond acceptors (Lipinski definition) is 6. The third kappa shape index (κ3) is 2.23. The number of nitrogens with two attached hydrogens (primary N) is 1. The van der Waals surface area contributed by atoms with Crippen molar-refractivity contribution in [3.8, 4) is 0 Å². The van der Waals surface area contributed by atoms with Gasteiger partial charge in [-0.1, -0.05) is 0 Å². The van der Waals surface area contributed by atoms with Gasteiger partial charge in [-0.2, -0.15) is 13.9 Å². The minimum atomic E-state index is -1.00. The SMILES string of the molecule is CO[C@H]1C(O)[C@@H](CO)O[C@H]1[n+]1ccc(N)n(C)c1=O. The van der Waals surface area contributed by atoms with Crippen LogP contribution in [0.5, 0.6) is 0 Å². The van der Waals surface area contributed by atoms with Crippen molar-refractivity contribution in [3.63, 3.8) is 0 Å². The van der Waals surface area contributed by atoms with E-state index in [-0.39, 0.29) is 6.61 Å². The predicted octanol–water partition coefficient (Wildman–Crippen LogP) is -2.48. The Hall–Kier alpha value is -1.48. The fourth-order valence-corrected chi connectivity index (χ4v) is 2.16. The Labute approximate surface area is 109 Å². The van der Waals surface area contributed by atoms with Crippen molar-refractivity contribution in [2.45, 2.75) is 24.5 Å². The first-order valence-electron chi connectivity index (χ1n) is 5.85. The van der Waals surface area contributed by atoms with Gasteiger partial charge >= 0.3 is 5.69 Å². The van der Waals surface area contributed by atoms with Crippen LogP contribution >= 0.6 is 0 Å². The molecule has 8 heteroatoms. The second-order valence-electron chi connectivity index (χ2n) is 4.43. The maximum atomic E-state index is 12.1. The van der Waals surface area contributed by atoms with Crippen molar-refractivity contribution in [1.29, 1.82) is 0 Å². The maximum absolute atomic E-state index is 12.1. The van der Waals surface area contributed by atoms with Crippen molar-refractivity contribution < 1.29 is 24.3 Å². The van der Waals surface area contributed by atoms with E-state index >= 15 is 0 Å². The summed E-state index contributed by atoms with van der Waals surface area (Å²) >= 11 is 0. The highest BCUT2D eigenvalue weighted by atomic mass is 16.6. The minimum absolute atomic E-state index is 0.312. The average molecular weight is 272 g/mol. The first-order chi connectivity index (χ1) is 9.01. The molecule has 0 spiro atoms. The highest BCUT2D eigenvalue weighted by Crippen LogP contribution is 2.26. The van der Waals surface area contributed by atoms with Gasteiger partial charge in [-0.3, -0.25) is 0 Å². The molecule has 0 amide bonds. The lowest BCUT2D eigenvalue weighted by Crippen LogP contribution is -2.60. The van der Waals surface area contributed by atoms with Gasteiger partial charge in [0.15, 0.2) is 11.9 Å². The number of ether oxygens (including phenoxy) is 2. The van der Waals surface area contributed by atoms with E-state index in [1.54, 1.807) is 6.07 Å². The summed E-state index contributed by atoms with van der Waals surface area (Å²) in [5, 5.41) is 19.1. The summed E-state index contributed by atoms with van der Waals surface area (Å²) in [4.78, 5) is 12.1. The maximum Gasteiger partial charge on any atom is 0.501 e. The van der Waals surface area contributed by atoms with Gasteiger partial charge in [0.05, 0.1) is 13.7 Å². The molecule has 2 rings (SSSR count). The van der Waals surface area contributed by atoms with E-state index in [0.29, 0.717) is 5.82 Å². The molecule has 1 aromatic rings. The number of methoxy groups -OCH3 is 1. The third-order valence-corrected chi connectivity index (χ3v) is 3.34. The Balaban J connectivity index is 2.42. The van der Waals surface area contributed by atoms with Crippen LogP contribution in [-0.4, -0.2) is 46.8 Å². The summed E-state index contributed by atoms with van der Waals surface area (Å²) < 4.78 is 13.2. The number of aliphatic hydroxyl groups excluding tert-OH is 2. The van der Waals surface area contributed by atoms with Crippen LogP contribution in [0.2, 0.25) is 0 Å². The summed E-state index contributed by atoms with van der Waals surface area (Å²) in [5.41, 5.74) is 5.23. The zero-order valence-electron chi connectivity index (χ0n) is 10.8. The molecule has 0 aromatic carbocycles. The summed E-state index contributed by atoms with van der Waals surface area (Å²) in [6.45, 7) is -0.354. The number of rotatable bonds is 3. The van der Waals surface area contributed by atoms with Gasteiger partial charge in [-0.25, -0.2) is 0 Å². The molecule has 1 aliphatic rings. The molecule has 1 aromatic heterocycles. The number of hydrogen-bond donors (Lipinski definition) is 3. The summed E-state index contributed by atoms with van der Waals surface area (Å²) in [6, 6.07) is 1.55. The van der Waals surface area contributed by atoms with Crippen molar-refractivity contribution in [1.82, 2.24) is 4.57 Å². The molecule has 0 bridgehead atoms. The van der Waals surface area contributed by atoms with Crippen LogP contribution in [0, 0.1) is 0 Å². The van der Waals surface area contributed by atoms with Crippen molar-refractivity contribution in [3.05, 3.63) is 22.7 Å². The molecule has 1 fully saturated rings. The van der Waals surface area contributed by atoms with E-state index in [1.165, 1.54) is 29.5 Å². The van der Waals surface area contributed by atoms with E-state index in [1.807, 2.05) is 0 Å². The van der Waals surface area contributed by atoms with Gasteiger partial charge < -0.3 is 25.4 Å². The van der Waals surface area contributed by atoms with E-state index in [4.69, 9.17) is 20.3 Å². The van der Waals surface area contributed by atoms with Gasteiger partial charge in [-0.05, 0) is 0 Å². The molecule has 0 aliphatic carbocycles. The average Bonchev–Trinajstić information content (AvgIpc) is 2.72. The Morgan fingerprint density at radius 2 is 2.32 bits per heavy atom. The molecule has 0 saturated carbocycles. The normalized spacial score (nSPS) is 30.7. The van der Waals surface area contributed by atoms with Gasteiger partial charge in [-0.15, -0.1) is 0 Å². The highest BCUT2D eigenvalue weighted by Gasteiger charge is 2.48. The van der Waals surface area contributed by atoms with Gasteiger partial charge in [0.1, 0.15) is 18.4 Å². The molecule has 106 valence electrons. The van der Waals surface area contributed by atoms with E-state index in [0.717, 1.165) is 0 Å².